The van der Waals surface area contributed by atoms with Crippen LogP contribution in [0.3, 0.4) is 0 Å². The molecule has 1 aliphatic rings. The molecule has 0 bridgehead atoms. The lowest BCUT2D eigenvalue weighted by Crippen LogP contribution is -1.96. The molecule has 1 aromatic heterocycles. The minimum absolute atomic E-state index is 0.692. The zero-order valence-corrected chi connectivity index (χ0v) is 23.4. The Labute approximate surface area is 250 Å². The Morgan fingerprint density at radius 3 is 1.74 bits per heavy atom. The number of nitrogens with zero attached hydrogens (tertiary/aromatic N) is 2. The number of amidine groups is 1. The van der Waals surface area contributed by atoms with Gasteiger partial charge in [0.2, 0.25) is 0 Å². The summed E-state index contributed by atoms with van der Waals surface area (Å²) in [5.41, 5.74) is 8.41. The lowest BCUT2D eigenvalue weighted by Gasteiger charge is -2.05. The fourth-order valence-corrected chi connectivity index (χ4v) is 5.99. The Morgan fingerprint density at radius 1 is 0.488 bits per heavy atom. The van der Waals surface area contributed by atoms with Crippen LogP contribution in [-0.2, 0) is 0 Å². The van der Waals surface area contributed by atoms with E-state index in [1.165, 1.54) is 21.5 Å². The summed E-state index contributed by atoms with van der Waals surface area (Å²) in [6.07, 6.45) is 2.17. The van der Waals surface area contributed by atoms with E-state index in [-0.39, 0.29) is 0 Å². The molecule has 0 amide bonds. The first-order valence-corrected chi connectivity index (χ1v) is 14.5. The first-order valence-electron chi connectivity index (χ1n) is 14.5. The first kappa shape index (κ1) is 25.0. The molecule has 3 nitrogen and oxygen atoms in total. The summed E-state index contributed by atoms with van der Waals surface area (Å²) in [6, 6.07) is 52.8. The van der Waals surface area contributed by atoms with Gasteiger partial charge in [0.05, 0.1) is 5.71 Å². The Hall–Kier alpha value is -5.80. The highest BCUT2D eigenvalue weighted by molar-refractivity contribution is 6.39. The minimum Gasteiger partial charge on any atom is -0.339 e. The number of aromatic amines is 1. The van der Waals surface area contributed by atoms with E-state index < -0.39 is 0 Å². The summed E-state index contributed by atoms with van der Waals surface area (Å²) < 4.78 is 0. The number of allylic oxidation sites excluding steroid dienone is 1. The van der Waals surface area contributed by atoms with E-state index in [1.807, 2.05) is 12.1 Å². The van der Waals surface area contributed by atoms with Crippen molar-refractivity contribution in [3.8, 4) is 22.4 Å². The molecule has 0 atom stereocenters. The highest BCUT2D eigenvalue weighted by Gasteiger charge is 2.22. The summed E-state index contributed by atoms with van der Waals surface area (Å²) in [7, 11) is 0. The number of nitrogens with one attached hydrogen (secondary N) is 1. The van der Waals surface area contributed by atoms with Crippen LogP contribution in [0.5, 0.6) is 0 Å². The second-order valence-corrected chi connectivity index (χ2v) is 10.7. The van der Waals surface area contributed by atoms with E-state index in [0.29, 0.717) is 5.84 Å². The molecular formula is C40H27N3. The molecule has 0 spiro atoms. The van der Waals surface area contributed by atoms with Crippen molar-refractivity contribution in [2.24, 2.45) is 9.98 Å². The highest BCUT2D eigenvalue weighted by atomic mass is 15.0. The second kappa shape index (κ2) is 10.6. The van der Waals surface area contributed by atoms with Crippen molar-refractivity contribution in [1.29, 1.82) is 0 Å². The van der Waals surface area contributed by atoms with Gasteiger partial charge in [-0.15, -0.1) is 0 Å². The summed E-state index contributed by atoms with van der Waals surface area (Å²) in [5, 5.41) is 4.78. The molecule has 3 heteroatoms. The minimum atomic E-state index is 0.692. The molecule has 0 aliphatic carbocycles. The number of fused-ring (bicyclic) bond motifs is 2. The van der Waals surface area contributed by atoms with Crippen molar-refractivity contribution in [2.45, 2.75) is 0 Å². The highest BCUT2D eigenvalue weighted by Crippen LogP contribution is 2.38. The SMILES string of the molecule is C1=C(c2ccccc2)/C(=N\c2[nH]c(-c3cccc4ccccc34)cc2-c2ccccc2)N=C1c1cccc2ccccc12. The molecule has 2 heterocycles. The number of benzene rings is 6. The van der Waals surface area contributed by atoms with E-state index in [1.54, 1.807) is 0 Å². The van der Waals surface area contributed by atoms with Crippen molar-refractivity contribution in [1.82, 2.24) is 4.98 Å². The second-order valence-electron chi connectivity index (χ2n) is 10.7. The maximum absolute atomic E-state index is 5.28. The van der Waals surface area contributed by atoms with Crippen LogP contribution in [-0.4, -0.2) is 16.5 Å². The van der Waals surface area contributed by atoms with E-state index in [4.69, 9.17) is 9.98 Å². The fourth-order valence-electron chi connectivity index (χ4n) is 5.99. The van der Waals surface area contributed by atoms with Crippen LogP contribution in [0, 0.1) is 0 Å². The molecule has 0 saturated carbocycles. The molecule has 7 aromatic rings. The topological polar surface area (TPSA) is 40.5 Å². The predicted octanol–water partition coefficient (Wildman–Crippen LogP) is 10.3. The van der Waals surface area contributed by atoms with Gasteiger partial charge >= 0.3 is 0 Å². The van der Waals surface area contributed by atoms with E-state index in [0.717, 1.165) is 50.6 Å². The molecular weight excluding hydrogens is 522 g/mol. The lowest BCUT2D eigenvalue weighted by molar-refractivity contribution is 1.33. The van der Waals surface area contributed by atoms with Gasteiger partial charge in [0.25, 0.3) is 0 Å². The molecule has 0 radical (unpaired) electrons. The fraction of sp³-hybridized carbons (Fsp3) is 0. The van der Waals surface area contributed by atoms with Gasteiger partial charge in [0, 0.05) is 28.0 Å². The van der Waals surface area contributed by atoms with Gasteiger partial charge in [-0.05, 0) is 44.8 Å². The van der Waals surface area contributed by atoms with Crippen LogP contribution in [0.1, 0.15) is 11.1 Å². The number of hydrogen-bond acceptors (Lipinski definition) is 1. The normalized spacial score (nSPS) is 13.9. The predicted molar refractivity (Wildman–Crippen MR) is 181 cm³/mol. The van der Waals surface area contributed by atoms with E-state index >= 15 is 0 Å². The van der Waals surface area contributed by atoms with E-state index in [2.05, 4.69) is 151 Å². The van der Waals surface area contributed by atoms with Gasteiger partial charge in [-0.3, -0.25) is 0 Å². The van der Waals surface area contributed by atoms with Crippen LogP contribution in [0.15, 0.2) is 168 Å². The molecule has 202 valence electrons. The number of hydrogen-bond donors (Lipinski definition) is 1. The zero-order chi connectivity index (χ0) is 28.6. The van der Waals surface area contributed by atoms with Gasteiger partial charge in [0.1, 0.15) is 5.82 Å². The Balaban J connectivity index is 1.33. The maximum atomic E-state index is 5.28. The molecule has 6 aromatic carbocycles. The monoisotopic (exact) mass is 549 g/mol. The number of aromatic nitrogens is 1. The van der Waals surface area contributed by atoms with Gasteiger partial charge in [-0.1, -0.05) is 146 Å². The number of rotatable bonds is 5. The van der Waals surface area contributed by atoms with Crippen molar-refractivity contribution in [2.75, 3.05) is 0 Å². The smallest absolute Gasteiger partial charge is 0.162 e. The first-order chi connectivity index (χ1) is 21.3. The average Bonchev–Trinajstić information content (AvgIpc) is 3.70. The molecule has 1 aliphatic heterocycles. The van der Waals surface area contributed by atoms with Crippen molar-refractivity contribution in [3.63, 3.8) is 0 Å². The van der Waals surface area contributed by atoms with Gasteiger partial charge in [-0.2, -0.15) is 0 Å². The van der Waals surface area contributed by atoms with Crippen molar-refractivity contribution < 1.29 is 0 Å². The molecule has 0 saturated heterocycles. The average molecular weight is 550 g/mol. The van der Waals surface area contributed by atoms with E-state index in [9.17, 15) is 0 Å². The van der Waals surface area contributed by atoms with Crippen LogP contribution < -0.4 is 0 Å². The third-order valence-corrected chi connectivity index (χ3v) is 8.08. The third-order valence-electron chi connectivity index (χ3n) is 8.08. The van der Waals surface area contributed by atoms with Crippen molar-refractivity contribution >= 4 is 44.5 Å². The summed E-state index contributed by atoms with van der Waals surface area (Å²) in [4.78, 5) is 14.1. The van der Waals surface area contributed by atoms with Gasteiger partial charge in [-0.25, -0.2) is 9.98 Å². The molecule has 8 rings (SSSR count). The molecule has 1 N–H and O–H groups in total. The van der Waals surface area contributed by atoms with Crippen LogP contribution in [0.25, 0.3) is 49.5 Å². The summed E-state index contributed by atoms with van der Waals surface area (Å²) in [6.45, 7) is 0. The maximum Gasteiger partial charge on any atom is 0.162 e. The Kier molecular flexibility index (Phi) is 6.12. The van der Waals surface area contributed by atoms with Crippen LogP contribution in [0.4, 0.5) is 5.82 Å². The third kappa shape index (κ3) is 4.58. The lowest BCUT2D eigenvalue weighted by atomic mass is 9.99. The summed E-state index contributed by atoms with van der Waals surface area (Å²) >= 11 is 0. The number of aliphatic imine (C=N–C) groups is 2. The summed E-state index contributed by atoms with van der Waals surface area (Å²) in [5.74, 6) is 1.48. The van der Waals surface area contributed by atoms with Crippen LogP contribution >= 0.6 is 0 Å². The molecule has 0 fully saturated rings. The Bertz CT molecular complexity index is 2210. The quantitative estimate of drug-likeness (QED) is 0.222. The largest absolute Gasteiger partial charge is 0.339 e. The van der Waals surface area contributed by atoms with Gasteiger partial charge < -0.3 is 4.98 Å². The van der Waals surface area contributed by atoms with Crippen LogP contribution in [0.2, 0.25) is 0 Å². The molecule has 0 unspecified atom stereocenters. The number of H-pyrrole nitrogens is 1. The zero-order valence-electron chi connectivity index (χ0n) is 23.4. The van der Waals surface area contributed by atoms with Crippen molar-refractivity contribution in [3.05, 3.63) is 169 Å². The van der Waals surface area contributed by atoms with Gasteiger partial charge in [0.15, 0.2) is 5.84 Å². The Morgan fingerprint density at radius 2 is 1.05 bits per heavy atom. The molecule has 43 heavy (non-hydrogen) atoms. The standard InChI is InChI=1S/C40H27N3/c1-3-13-29(14-4-1)35-25-37(33-23-11-19-27-17-7-9-21-31(27)33)41-39(35)43-40-36(30-15-5-2-6-16-30)26-38(42-40)34-24-12-20-28-18-8-10-22-32(28)34/h1-26,41H/b43-40+.